The molecule has 0 heterocycles. The van der Waals surface area contributed by atoms with Crippen molar-refractivity contribution in [2.45, 2.75) is 13.0 Å². The van der Waals surface area contributed by atoms with Crippen molar-refractivity contribution in [3.63, 3.8) is 0 Å². The molecule has 1 N–H and O–H groups in total. The zero-order valence-electron chi connectivity index (χ0n) is 11.6. The van der Waals surface area contributed by atoms with E-state index in [0.29, 0.717) is 0 Å². The summed E-state index contributed by atoms with van der Waals surface area (Å²) < 4.78 is 30.7. The molecule has 0 radical (unpaired) electrons. The Bertz CT molecular complexity index is 582. The van der Waals surface area contributed by atoms with Gasteiger partial charge < -0.3 is 10.1 Å². The predicted octanol–water partition coefficient (Wildman–Crippen LogP) is 2.43. The topological polar surface area (TPSA) is 55.4 Å². The molecule has 112 valence electrons. The number of nitrogens with one attached hydrogen (secondary N) is 1. The Balaban J connectivity index is 2.98. The highest BCUT2D eigenvalue weighted by molar-refractivity contribution is 5.92. The van der Waals surface area contributed by atoms with E-state index in [0.717, 1.165) is 19.2 Å². The van der Waals surface area contributed by atoms with Gasteiger partial charge in [-0.3, -0.25) is 4.79 Å². The second-order valence-corrected chi connectivity index (χ2v) is 4.02. The van der Waals surface area contributed by atoms with Crippen molar-refractivity contribution in [2.75, 3.05) is 7.11 Å². The lowest BCUT2D eigenvalue weighted by Gasteiger charge is -2.16. The molecule has 1 aromatic carbocycles. The van der Waals surface area contributed by atoms with Crippen LogP contribution in [0.1, 0.15) is 18.5 Å². The third-order valence-corrected chi connectivity index (χ3v) is 2.55. The molecule has 1 atom stereocenters. The van der Waals surface area contributed by atoms with Crippen LogP contribution in [0.15, 0.2) is 42.5 Å². The Hall–Kier alpha value is -2.50. The number of amides is 1. The summed E-state index contributed by atoms with van der Waals surface area (Å²) in [5.41, 5.74) is 0.0912. The molecule has 1 amide bonds. The lowest BCUT2D eigenvalue weighted by molar-refractivity contribution is -0.144. The number of esters is 1. The fourth-order valence-corrected chi connectivity index (χ4v) is 1.53. The largest absolute Gasteiger partial charge is 0.467 e. The van der Waals surface area contributed by atoms with Gasteiger partial charge in [-0.25, -0.2) is 13.6 Å². The maximum atomic E-state index is 13.2. The summed E-state index contributed by atoms with van der Waals surface area (Å²) in [4.78, 5) is 23.3. The highest BCUT2D eigenvalue weighted by Crippen LogP contribution is 2.17. The molecule has 1 unspecified atom stereocenters. The molecule has 21 heavy (non-hydrogen) atoms. The first-order chi connectivity index (χ1) is 9.99. The Kier molecular flexibility index (Phi) is 6.26. The van der Waals surface area contributed by atoms with E-state index in [1.54, 1.807) is 19.1 Å². The number of rotatable bonds is 5. The minimum atomic E-state index is -1.21. The quantitative estimate of drug-likeness (QED) is 0.515. The van der Waals surface area contributed by atoms with Crippen molar-refractivity contribution in [1.29, 1.82) is 0 Å². The molecule has 1 aromatic rings. The molecule has 0 aliphatic carbocycles. The first-order valence-corrected chi connectivity index (χ1v) is 6.12. The SMILES string of the molecule is C/C=C/C=C\C(=O)NC(C(=O)OC)c1ccc(F)c(F)c1. The van der Waals surface area contributed by atoms with Gasteiger partial charge in [0.05, 0.1) is 7.11 Å². The van der Waals surface area contributed by atoms with Crippen molar-refractivity contribution in [3.05, 3.63) is 59.7 Å². The van der Waals surface area contributed by atoms with Gasteiger partial charge in [0.2, 0.25) is 5.91 Å². The van der Waals surface area contributed by atoms with Crippen LogP contribution in [-0.2, 0) is 14.3 Å². The third kappa shape index (κ3) is 4.83. The zero-order valence-corrected chi connectivity index (χ0v) is 11.6. The summed E-state index contributed by atoms with van der Waals surface area (Å²) in [6.07, 6.45) is 6.03. The molecule has 6 heteroatoms. The molecule has 4 nitrogen and oxygen atoms in total. The van der Waals surface area contributed by atoms with Crippen LogP contribution in [0, 0.1) is 11.6 Å². The van der Waals surface area contributed by atoms with E-state index >= 15 is 0 Å². The predicted molar refractivity (Wildman–Crippen MR) is 73.2 cm³/mol. The van der Waals surface area contributed by atoms with Gasteiger partial charge in [-0.1, -0.05) is 24.3 Å². The second-order valence-electron chi connectivity index (χ2n) is 4.02. The van der Waals surface area contributed by atoms with Crippen LogP contribution >= 0.6 is 0 Å². The summed E-state index contributed by atoms with van der Waals surface area (Å²) in [5, 5.41) is 2.37. The van der Waals surface area contributed by atoms with Gasteiger partial charge >= 0.3 is 5.97 Å². The Morgan fingerprint density at radius 1 is 1.24 bits per heavy atom. The third-order valence-electron chi connectivity index (χ3n) is 2.55. The van der Waals surface area contributed by atoms with Crippen molar-refractivity contribution in [3.8, 4) is 0 Å². The standard InChI is InChI=1S/C15H15F2NO3/c1-3-4-5-6-13(19)18-14(15(20)21-2)10-7-8-11(16)12(17)9-10/h3-9,14H,1-2H3,(H,18,19)/b4-3+,6-5-. The number of ether oxygens (including phenoxy) is 1. The van der Waals surface area contributed by atoms with Gasteiger partial charge in [0.15, 0.2) is 17.7 Å². The van der Waals surface area contributed by atoms with Crippen LogP contribution in [0.25, 0.3) is 0 Å². The number of allylic oxidation sites excluding steroid dienone is 3. The summed E-state index contributed by atoms with van der Waals surface area (Å²) in [5.74, 6) is -3.50. The van der Waals surface area contributed by atoms with E-state index in [-0.39, 0.29) is 5.56 Å². The summed E-state index contributed by atoms with van der Waals surface area (Å²) in [6, 6.07) is 1.71. The zero-order chi connectivity index (χ0) is 15.8. The number of carbonyl (C=O) groups excluding carboxylic acids is 2. The number of carbonyl (C=O) groups is 2. The summed E-state index contributed by atoms with van der Waals surface area (Å²) in [7, 11) is 1.14. The van der Waals surface area contributed by atoms with Gasteiger partial charge in [0, 0.05) is 6.08 Å². The van der Waals surface area contributed by atoms with Crippen LogP contribution in [0.5, 0.6) is 0 Å². The Labute approximate surface area is 121 Å². The minimum absolute atomic E-state index is 0.0912. The van der Waals surface area contributed by atoms with Crippen LogP contribution in [0.4, 0.5) is 8.78 Å². The smallest absolute Gasteiger partial charge is 0.333 e. The molecule has 1 rings (SSSR count). The van der Waals surface area contributed by atoms with Crippen molar-refractivity contribution in [1.82, 2.24) is 5.32 Å². The first-order valence-electron chi connectivity index (χ1n) is 6.12. The molecule has 0 spiro atoms. The van der Waals surface area contributed by atoms with E-state index in [4.69, 9.17) is 0 Å². The van der Waals surface area contributed by atoms with E-state index in [1.165, 1.54) is 18.2 Å². The highest BCUT2D eigenvalue weighted by atomic mass is 19.2. The van der Waals surface area contributed by atoms with Crippen LogP contribution in [0.2, 0.25) is 0 Å². The van der Waals surface area contributed by atoms with Crippen molar-refractivity contribution >= 4 is 11.9 Å². The summed E-state index contributed by atoms with van der Waals surface area (Å²) in [6.45, 7) is 1.78. The maximum Gasteiger partial charge on any atom is 0.333 e. The Morgan fingerprint density at radius 3 is 2.52 bits per heavy atom. The van der Waals surface area contributed by atoms with Crippen LogP contribution in [0.3, 0.4) is 0 Å². The second kappa shape index (κ2) is 7.94. The molecule has 0 aliphatic rings. The number of halogens is 2. The van der Waals surface area contributed by atoms with E-state index in [2.05, 4.69) is 10.1 Å². The maximum absolute atomic E-state index is 13.2. The van der Waals surface area contributed by atoms with Gasteiger partial charge in [-0.05, 0) is 24.6 Å². The average Bonchev–Trinajstić information content (AvgIpc) is 2.47. The summed E-state index contributed by atoms with van der Waals surface area (Å²) >= 11 is 0. The molecule has 0 bridgehead atoms. The lowest BCUT2D eigenvalue weighted by atomic mass is 10.1. The molecule has 0 aliphatic heterocycles. The molecular weight excluding hydrogens is 280 g/mol. The normalized spacial score (nSPS) is 12.6. The number of hydrogen-bond acceptors (Lipinski definition) is 3. The van der Waals surface area contributed by atoms with E-state index in [1.807, 2.05) is 0 Å². The minimum Gasteiger partial charge on any atom is -0.467 e. The molecule has 0 fully saturated rings. The fourth-order valence-electron chi connectivity index (χ4n) is 1.53. The van der Waals surface area contributed by atoms with Crippen LogP contribution in [-0.4, -0.2) is 19.0 Å². The molecule has 0 aromatic heterocycles. The molecule has 0 saturated heterocycles. The first kappa shape index (κ1) is 16.6. The lowest BCUT2D eigenvalue weighted by Crippen LogP contribution is -2.33. The highest BCUT2D eigenvalue weighted by Gasteiger charge is 2.23. The monoisotopic (exact) mass is 295 g/mol. The van der Waals surface area contributed by atoms with E-state index < -0.39 is 29.6 Å². The number of benzene rings is 1. The molecule has 0 saturated carbocycles. The van der Waals surface area contributed by atoms with E-state index in [9.17, 15) is 18.4 Å². The fraction of sp³-hybridized carbons (Fsp3) is 0.200. The van der Waals surface area contributed by atoms with Crippen molar-refractivity contribution in [2.24, 2.45) is 0 Å². The average molecular weight is 295 g/mol. The van der Waals surface area contributed by atoms with Crippen LogP contribution < -0.4 is 5.32 Å². The van der Waals surface area contributed by atoms with Gasteiger partial charge in [-0.2, -0.15) is 0 Å². The van der Waals surface area contributed by atoms with Gasteiger partial charge in [-0.15, -0.1) is 0 Å². The van der Waals surface area contributed by atoms with Gasteiger partial charge in [0.1, 0.15) is 0 Å². The Morgan fingerprint density at radius 2 is 1.95 bits per heavy atom. The molecular formula is C15H15F2NO3. The van der Waals surface area contributed by atoms with Gasteiger partial charge in [0.25, 0.3) is 0 Å². The van der Waals surface area contributed by atoms with Crippen molar-refractivity contribution < 1.29 is 23.1 Å². The number of hydrogen-bond donors (Lipinski definition) is 1. The number of methoxy groups -OCH3 is 1.